The van der Waals surface area contributed by atoms with Crippen LogP contribution in [-0.2, 0) is 9.53 Å². The Kier molecular flexibility index (Phi) is 17.5. The van der Waals surface area contributed by atoms with Crippen LogP contribution in [0.3, 0.4) is 0 Å². The molecular weight excluding hydrogens is 314 g/mol. The van der Waals surface area contributed by atoms with Crippen LogP contribution < -0.4 is 0 Å². The molecule has 0 fully saturated rings. The highest BCUT2D eigenvalue weighted by Crippen LogP contribution is 2.13. The van der Waals surface area contributed by atoms with Gasteiger partial charge in [-0.3, -0.25) is 4.79 Å². The van der Waals surface area contributed by atoms with E-state index in [4.69, 9.17) is 4.74 Å². The van der Waals surface area contributed by atoms with Gasteiger partial charge in [-0.25, -0.2) is 8.78 Å². The van der Waals surface area contributed by atoms with Crippen molar-refractivity contribution in [2.24, 2.45) is 0 Å². The third kappa shape index (κ3) is 21.5. The summed E-state index contributed by atoms with van der Waals surface area (Å²) < 4.78 is 28.9. The summed E-state index contributed by atoms with van der Waals surface area (Å²) in [6, 6.07) is -1.16. The van der Waals surface area contributed by atoms with E-state index in [1.54, 1.807) is 0 Å². The number of carbonyl (C=O) groups is 1. The van der Waals surface area contributed by atoms with Crippen LogP contribution in [0.2, 0.25) is 6.04 Å². The first kappa shape index (κ1) is 22.5. The molecule has 0 aromatic carbocycles. The van der Waals surface area contributed by atoms with Crippen molar-refractivity contribution >= 4 is 15.5 Å². The Labute approximate surface area is 143 Å². The Morgan fingerprint density at radius 2 is 1.17 bits per heavy atom. The normalized spacial score (nSPS) is 11.7. The Hall–Kier alpha value is -0.453. The van der Waals surface area contributed by atoms with Gasteiger partial charge in [-0.05, 0) is 6.42 Å². The third-order valence-electron chi connectivity index (χ3n) is 4.12. The SMILES string of the molecule is CC(=O)OCCCCCCCCCCCCCCC[SiH2]C(F)F. The summed E-state index contributed by atoms with van der Waals surface area (Å²) in [5, 5.41) is 0. The molecule has 0 aromatic heterocycles. The third-order valence-corrected chi connectivity index (χ3v) is 5.47. The van der Waals surface area contributed by atoms with E-state index in [1.165, 1.54) is 64.7 Å². The molecule has 0 N–H and O–H groups in total. The van der Waals surface area contributed by atoms with Crippen LogP contribution in [0.4, 0.5) is 8.78 Å². The zero-order chi connectivity index (χ0) is 17.2. The van der Waals surface area contributed by atoms with Gasteiger partial charge in [-0.1, -0.05) is 83.1 Å². The van der Waals surface area contributed by atoms with Gasteiger partial charge in [0, 0.05) is 6.92 Å². The lowest BCUT2D eigenvalue weighted by Crippen LogP contribution is -2.02. The highest BCUT2D eigenvalue weighted by molar-refractivity contribution is 6.36. The minimum absolute atomic E-state index is 0.181. The van der Waals surface area contributed by atoms with Crippen molar-refractivity contribution in [3.8, 4) is 0 Å². The average Bonchev–Trinajstić information content (AvgIpc) is 2.49. The van der Waals surface area contributed by atoms with Gasteiger partial charge in [0.25, 0.3) is 0 Å². The predicted octanol–water partition coefficient (Wildman–Crippen LogP) is 5.43. The quantitative estimate of drug-likeness (QED) is 0.199. The Morgan fingerprint density at radius 1 is 0.783 bits per heavy atom. The molecular formula is C18H36F2O2Si. The molecule has 0 amide bonds. The Bertz CT molecular complexity index is 263. The number of hydrogen-bond acceptors (Lipinski definition) is 2. The predicted molar refractivity (Wildman–Crippen MR) is 96.0 cm³/mol. The van der Waals surface area contributed by atoms with Crippen LogP contribution in [0.25, 0.3) is 0 Å². The Balaban J connectivity index is 2.99. The zero-order valence-corrected chi connectivity index (χ0v) is 16.4. The van der Waals surface area contributed by atoms with Crippen LogP contribution in [-0.4, -0.2) is 28.1 Å². The van der Waals surface area contributed by atoms with Crippen molar-refractivity contribution in [1.82, 2.24) is 0 Å². The molecule has 0 aromatic rings. The van der Waals surface area contributed by atoms with Crippen molar-refractivity contribution in [3.05, 3.63) is 0 Å². The number of ether oxygens (including phenoxy) is 1. The number of alkyl halides is 2. The van der Waals surface area contributed by atoms with E-state index in [9.17, 15) is 13.6 Å². The van der Waals surface area contributed by atoms with Crippen LogP contribution in [0, 0.1) is 0 Å². The van der Waals surface area contributed by atoms with Crippen molar-refractivity contribution in [1.29, 1.82) is 0 Å². The first-order valence-corrected chi connectivity index (χ1v) is 11.4. The molecule has 0 saturated carbocycles. The molecule has 2 nitrogen and oxygen atoms in total. The van der Waals surface area contributed by atoms with E-state index < -0.39 is 15.6 Å². The van der Waals surface area contributed by atoms with Gasteiger partial charge in [0.05, 0.1) is 6.61 Å². The molecule has 0 radical (unpaired) electrons. The number of halogens is 2. The number of carbonyl (C=O) groups excluding carboxylic acids is 1. The molecule has 138 valence electrons. The average molecular weight is 351 g/mol. The molecule has 5 heteroatoms. The van der Waals surface area contributed by atoms with Gasteiger partial charge in [-0.15, -0.1) is 0 Å². The lowest BCUT2D eigenvalue weighted by Gasteiger charge is -2.04. The fourth-order valence-electron chi connectivity index (χ4n) is 2.74. The standard InChI is InChI=1S/C18H36F2O2Si/c1-17(21)22-15-13-11-9-7-5-3-2-4-6-8-10-12-14-16-23-18(19)20/h18H,2-16,23H2,1H3. The van der Waals surface area contributed by atoms with Crippen LogP contribution in [0.5, 0.6) is 0 Å². The number of rotatable bonds is 17. The topological polar surface area (TPSA) is 26.3 Å². The minimum atomic E-state index is -1.98. The van der Waals surface area contributed by atoms with E-state index in [0.717, 1.165) is 31.7 Å². The molecule has 23 heavy (non-hydrogen) atoms. The van der Waals surface area contributed by atoms with E-state index in [-0.39, 0.29) is 5.97 Å². The van der Waals surface area contributed by atoms with E-state index in [1.807, 2.05) is 0 Å². The summed E-state index contributed by atoms with van der Waals surface area (Å²) in [4.78, 5) is 10.6. The first-order chi connectivity index (χ1) is 11.1. The summed E-state index contributed by atoms with van der Waals surface area (Å²) in [7, 11) is -1.08. The van der Waals surface area contributed by atoms with Crippen LogP contribution >= 0.6 is 0 Å². The van der Waals surface area contributed by atoms with E-state index >= 15 is 0 Å². The fourth-order valence-corrected chi connectivity index (χ4v) is 3.69. The van der Waals surface area contributed by atoms with E-state index in [0.29, 0.717) is 6.61 Å². The first-order valence-electron chi connectivity index (χ1n) is 9.54. The molecule has 0 aliphatic carbocycles. The second-order valence-corrected chi connectivity index (χ2v) is 8.37. The monoisotopic (exact) mass is 350 g/mol. The summed E-state index contributed by atoms with van der Waals surface area (Å²) >= 11 is 0. The summed E-state index contributed by atoms with van der Waals surface area (Å²) in [5.74, 6) is -0.181. The minimum Gasteiger partial charge on any atom is -0.466 e. The Morgan fingerprint density at radius 3 is 1.57 bits per heavy atom. The molecule has 0 atom stereocenters. The summed E-state index contributed by atoms with van der Waals surface area (Å²) in [5.41, 5.74) is 0. The summed E-state index contributed by atoms with van der Waals surface area (Å²) in [6.07, 6.45) is 15.9. The van der Waals surface area contributed by atoms with Gasteiger partial charge >= 0.3 is 5.97 Å². The maximum atomic E-state index is 12.0. The van der Waals surface area contributed by atoms with Crippen molar-refractivity contribution < 1.29 is 18.3 Å². The highest BCUT2D eigenvalue weighted by Gasteiger charge is 2.01. The van der Waals surface area contributed by atoms with Gasteiger partial charge in [0.15, 0.2) is 0 Å². The summed E-state index contributed by atoms with van der Waals surface area (Å²) in [6.45, 7) is 2.02. The molecule has 0 unspecified atom stereocenters. The van der Waals surface area contributed by atoms with Gasteiger partial charge in [0.1, 0.15) is 9.52 Å². The molecule has 0 heterocycles. The fraction of sp³-hybridized carbons (Fsp3) is 0.944. The largest absolute Gasteiger partial charge is 0.466 e. The van der Waals surface area contributed by atoms with Crippen LogP contribution in [0.15, 0.2) is 0 Å². The lowest BCUT2D eigenvalue weighted by molar-refractivity contribution is -0.141. The van der Waals surface area contributed by atoms with Crippen LogP contribution in [0.1, 0.15) is 90.4 Å². The van der Waals surface area contributed by atoms with Crippen molar-refractivity contribution in [2.45, 2.75) is 102 Å². The lowest BCUT2D eigenvalue weighted by atomic mass is 10.0. The zero-order valence-electron chi connectivity index (χ0n) is 15.0. The molecule has 0 bridgehead atoms. The van der Waals surface area contributed by atoms with Crippen molar-refractivity contribution in [2.75, 3.05) is 6.61 Å². The maximum Gasteiger partial charge on any atom is 0.302 e. The van der Waals surface area contributed by atoms with E-state index in [2.05, 4.69) is 0 Å². The number of unbranched alkanes of at least 4 members (excludes halogenated alkanes) is 12. The highest BCUT2D eigenvalue weighted by atomic mass is 28.2. The van der Waals surface area contributed by atoms with Crippen molar-refractivity contribution in [3.63, 3.8) is 0 Å². The molecule has 0 saturated heterocycles. The molecule has 0 aliphatic heterocycles. The second-order valence-electron chi connectivity index (χ2n) is 6.47. The molecule has 0 aliphatic rings. The number of esters is 1. The maximum absolute atomic E-state index is 12.0. The smallest absolute Gasteiger partial charge is 0.302 e. The molecule has 0 rings (SSSR count). The van der Waals surface area contributed by atoms with Gasteiger partial charge in [-0.2, -0.15) is 0 Å². The number of hydrogen-bond donors (Lipinski definition) is 0. The van der Waals surface area contributed by atoms with Gasteiger partial charge < -0.3 is 4.74 Å². The van der Waals surface area contributed by atoms with Gasteiger partial charge in [0.2, 0.25) is 6.05 Å². The molecule has 0 spiro atoms. The second kappa shape index (κ2) is 17.9.